The molecule has 1 aromatic heterocycles. The molecule has 1 fully saturated rings. The Morgan fingerprint density at radius 2 is 2.07 bits per heavy atom. The molecule has 28 heavy (non-hydrogen) atoms. The van der Waals surface area contributed by atoms with Crippen molar-refractivity contribution in [3.8, 4) is 0 Å². The highest BCUT2D eigenvalue weighted by atomic mass is 35.5. The summed E-state index contributed by atoms with van der Waals surface area (Å²) >= 11 is 5.99. The van der Waals surface area contributed by atoms with Crippen molar-refractivity contribution in [2.75, 3.05) is 29.9 Å². The van der Waals surface area contributed by atoms with Gasteiger partial charge in [-0.05, 0) is 54.2 Å². The fourth-order valence-electron chi connectivity index (χ4n) is 4.46. The summed E-state index contributed by atoms with van der Waals surface area (Å²) < 4.78 is 0. The van der Waals surface area contributed by atoms with E-state index in [-0.39, 0.29) is 11.9 Å². The van der Waals surface area contributed by atoms with Crippen molar-refractivity contribution in [3.63, 3.8) is 0 Å². The third-order valence-corrected chi connectivity index (χ3v) is 6.18. The Morgan fingerprint density at radius 1 is 1.21 bits per heavy atom. The number of amides is 1. The van der Waals surface area contributed by atoms with Crippen LogP contribution in [0.4, 0.5) is 11.5 Å². The fourth-order valence-corrected chi connectivity index (χ4v) is 4.58. The molecule has 1 saturated heterocycles. The maximum atomic E-state index is 12.3. The zero-order valence-corrected chi connectivity index (χ0v) is 16.5. The van der Waals surface area contributed by atoms with Gasteiger partial charge in [-0.1, -0.05) is 29.8 Å². The third-order valence-electron chi connectivity index (χ3n) is 5.92. The molecule has 4 heterocycles. The zero-order valence-electron chi connectivity index (χ0n) is 15.7. The van der Waals surface area contributed by atoms with Crippen molar-refractivity contribution < 1.29 is 4.79 Å². The molecule has 0 bridgehead atoms. The number of hydrogen-bond acceptors (Lipinski definition) is 4. The Bertz CT molecular complexity index is 940. The van der Waals surface area contributed by atoms with Gasteiger partial charge in [-0.2, -0.15) is 0 Å². The summed E-state index contributed by atoms with van der Waals surface area (Å²) in [5, 5.41) is 3.83. The number of carbonyl (C=O) groups excluding carboxylic acids is 1. The van der Waals surface area contributed by atoms with Crippen molar-refractivity contribution >= 4 is 34.6 Å². The average Bonchev–Trinajstić information content (AvgIpc) is 3.20. The van der Waals surface area contributed by atoms with Gasteiger partial charge in [0.25, 0.3) is 0 Å². The van der Waals surface area contributed by atoms with Gasteiger partial charge < -0.3 is 10.2 Å². The van der Waals surface area contributed by atoms with Crippen molar-refractivity contribution in [1.29, 1.82) is 0 Å². The number of carbonyl (C=O) groups is 1. The van der Waals surface area contributed by atoms with E-state index in [0.29, 0.717) is 0 Å². The number of halogens is 1. The number of anilines is 2. The Balaban J connectivity index is 1.28. The van der Waals surface area contributed by atoms with Gasteiger partial charge in [0.15, 0.2) is 5.82 Å². The van der Waals surface area contributed by atoms with E-state index >= 15 is 0 Å². The molecular weight excluding hydrogens is 372 g/mol. The molecule has 5 nitrogen and oxygen atoms in total. The Labute approximate surface area is 170 Å². The maximum Gasteiger partial charge on any atom is 0.247 e. The van der Waals surface area contributed by atoms with Crippen molar-refractivity contribution in [3.05, 3.63) is 58.8 Å². The van der Waals surface area contributed by atoms with E-state index in [2.05, 4.69) is 44.4 Å². The highest BCUT2D eigenvalue weighted by molar-refractivity contribution is 6.30. The minimum absolute atomic E-state index is 0.0376. The number of nitrogens with zero attached hydrogens (tertiary/aromatic N) is 3. The van der Waals surface area contributed by atoms with Crippen LogP contribution in [0.5, 0.6) is 0 Å². The predicted octanol–water partition coefficient (Wildman–Crippen LogP) is 3.95. The quantitative estimate of drug-likeness (QED) is 0.856. The SMILES string of the molecule is O=C1Nc2cc(CN3CC=C(c4ccc(Cl)cc4)CC3)cnc2N2CCCC12. The van der Waals surface area contributed by atoms with Gasteiger partial charge in [-0.3, -0.25) is 9.69 Å². The molecule has 1 unspecified atom stereocenters. The third kappa shape index (κ3) is 3.29. The Morgan fingerprint density at radius 3 is 2.86 bits per heavy atom. The van der Waals surface area contributed by atoms with Crippen LogP contribution >= 0.6 is 11.6 Å². The monoisotopic (exact) mass is 394 g/mol. The van der Waals surface area contributed by atoms with E-state index in [1.807, 2.05) is 18.3 Å². The molecule has 144 valence electrons. The van der Waals surface area contributed by atoms with Gasteiger partial charge in [0, 0.05) is 37.4 Å². The summed E-state index contributed by atoms with van der Waals surface area (Å²) in [7, 11) is 0. The second-order valence-electron chi connectivity index (χ2n) is 7.78. The summed E-state index contributed by atoms with van der Waals surface area (Å²) in [6.07, 6.45) is 7.26. The maximum absolute atomic E-state index is 12.3. The summed E-state index contributed by atoms with van der Waals surface area (Å²) in [6.45, 7) is 3.67. The molecule has 0 saturated carbocycles. The van der Waals surface area contributed by atoms with Crippen LogP contribution in [0.15, 0.2) is 42.6 Å². The second-order valence-corrected chi connectivity index (χ2v) is 8.21. The van der Waals surface area contributed by atoms with Crippen LogP contribution in [0.2, 0.25) is 5.02 Å². The van der Waals surface area contributed by atoms with Crippen molar-refractivity contribution in [2.45, 2.75) is 31.8 Å². The van der Waals surface area contributed by atoms with E-state index in [4.69, 9.17) is 11.6 Å². The minimum atomic E-state index is -0.0376. The molecule has 1 aromatic carbocycles. The molecule has 0 radical (unpaired) electrons. The molecule has 3 aliphatic rings. The van der Waals surface area contributed by atoms with Gasteiger partial charge >= 0.3 is 0 Å². The van der Waals surface area contributed by atoms with E-state index in [1.54, 1.807) is 0 Å². The topological polar surface area (TPSA) is 48.5 Å². The molecule has 1 atom stereocenters. The largest absolute Gasteiger partial charge is 0.343 e. The van der Waals surface area contributed by atoms with Gasteiger partial charge in [0.2, 0.25) is 5.91 Å². The first-order valence-electron chi connectivity index (χ1n) is 9.91. The smallest absolute Gasteiger partial charge is 0.247 e. The van der Waals surface area contributed by atoms with Gasteiger partial charge in [-0.15, -0.1) is 0 Å². The lowest BCUT2D eigenvalue weighted by Gasteiger charge is -2.32. The molecular formula is C22H23ClN4O. The molecule has 2 aromatic rings. The molecule has 6 heteroatoms. The van der Waals surface area contributed by atoms with Crippen LogP contribution < -0.4 is 10.2 Å². The first-order valence-corrected chi connectivity index (χ1v) is 10.3. The Hall–Kier alpha value is -2.37. The van der Waals surface area contributed by atoms with Crippen LogP contribution in [-0.4, -0.2) is 41.5 Å². The minimum Gasteiger partial charge on any atom is -0.343 e. The van der Waals surface area contributed by atoms with E-state index in [1.165, 1.54) is 11.1 Å². The van der Waals surface area contributed by atoms with E-state index in [9.17, 15) is 4.79 Å². The van der Waals surface area contributed by atoms with Crippen molar-refractivity contribution in [2.24, 2.45) is 0 Å². The standard InChI is InChI=1S/C22H23ClN4O/c23-18-5-3-16(4-6-18)17-7-10-26(11-8-17)14-15-12-19-21(24-13-15)27-9-1-2-20(27)22(28)25-19/h3-7,12-13,20H,1-2,8-11,14H2,(H,25,28). The van der Waals surface area contributed by atoms with Crippen LogP contribution in [0.1, 0.15) is 30.4 Å². The molecule has 1 amide bonds. The number of fused-ring (bicyclic) bond motifs is 3. The average molecular weight is 395 g/mol. The van der Waals surface area contributed by atoms with Gasteiger partial charge in [0.05, 0.1) is 5.69 Å². The number of aromatic nitrogens is 1. The lowest BCUT2D eigenvalue weighted by Crippen LogP contribution is -2.44. The number of rotatable bonds is 3. The highest BCUT2D eigenvalue weighted by Gasteiger charge is 2.37. The van der Waals surface area contributed by atoms with Crippen LogP contribution in [0.3, 0.4) is 0 Å². The fraction of sp³-hybridized carbons (Fsp3) is 0.364. The van der Waals surface area contributed by atoms with E-state index in [0.717, 1.165) is 67.5 Å². The van der Waals surface area contributed by atoms with Crippen LogP contribution in [-0.2, 0) is 11.3 Å². The normalized spacial score (nSPS) is 21.8. The molecule has 1 N–H and O–H groups in total. The predicted molar refractivity (Wildman–Crippen MR) is 113 cm³/mol. The summed E-state index contributed by atoms with van der Waals surface area (Å²) in [4.78, 5) is 21.6. The summed E-state index contributed by atoms with van der Waals surface area (Å²) in [6, 6.07) is 10.1. The highest BCUT2D eigenvalue weighted by Crippen LogP contribution is 2.35. The van der Waals surface area contributed by atoms with Crippen LogP contribution in [0, 0.1) is 0 Å². The first kappa shape index (κ1) is 17.7. The number of nitrogens with one attached hydrogen (secondary N) is 1. The van der Waals surface area contributed by atoms with Crippen LogP contribution in [0.25, 0.3) is 5.57 Å². The number of benzene rings is 1. The second kappa shape index (κ2) is 7.22. The Kier molecular flexibility index (Phi) is 4.57. The first-order chi connectivity index (χ1) is 13.7. The lowest BCUT2D eigenvalue weighted by atomic mass is 9.99. The lowest BCUT2D eigenvalue weighted by molar-refractivity contribution is -0.117. The molecule has 0 aliphatic carbocycles. The number of pyridine rings is 1. The molecule has 3 aliphatic heterocycles. The zero-order chi connectivity index (χ0) is 19.1. The molecule has 5 rings (SSSR count). The molecule has 0 spiro atoms. The van der Waals surface area contributed by atoms with Crippen molar-refractivity contribution in [1.82, 2.24) is 9.88 Å². The van der Waals surface area contributed by atoms with Gasteiger partial charge in [0.1, 0.15) is 6.04 Å². The van der Waals surface area contributed by atoms with Gasteiger partial charge in [-0.25, -0.2) is 4.98 Å². The summed E-state index contributed by atoms with van der Waals surface area (Å²) in [5.41, 5.74) is 4.63. The van der Waals surface area contributed by atoms with E-state index < -0.39 is 0 Å². The summed E-state index contributed by atoms with van der Waals surface area (Å²) in [5.74, 6) is 1.03. The number of hydrogen-bond donors (Lipinski definition) is 1.